The Kier molecular flexibility index (Phi) is 5.45. The molecular weight excluding hydrogens is 424 g/mol. The zero-order valence-electron chi connectivity index (χ0n) is 19.6. The average molecular weight is 451 g/mol. The number of fused-ring (bicyclic) bond motifs is 1. The molecule has 4 aromatic rings. The number of aromatic nitrogens is 4. The maximum Gasteiger partial charge on any atom is 0.255 e. The van der Waals surface area contributed by atoms with Gasteiger partial charge in [-0.15, -0.1) is 5.10 Å². The molecule has 5 rings (SSSR count). The molecule has 1 atom stereocenters. The monoisotopic (exact) mass is 450 g/mol. The standard InChI is InChI=1S/C27H26N6O/c1-16-7-5-8-20(13-16)24-23(26(34)30-22-9-6-12-28-15-22)19(4)29-27-31-25(32-33(24)27)21-11-10-17(2)18(3)14-21/h5-15,24H,1-4H3,(H,30,34)(H,29,31,32). The van der Waals surface area contributed by atoms with Gasteiger partial charge in [0.25, 0.3) is 5.91 Å². The molecule has 1 unspecified atom stereocenters. The van der Waals surface area contributed by atoms with Crippen LogP contribution >= 0.6 is 0 Å². The van der Waals surface area contributed by atoms with Gasteiger partial charge in [0.2, 0.25) is 5.95 Å². The van der Waals surface area contributed by atoms with E-state index in [1.54, 1.807) is 18.5 Å². The number of pyridine rings is 1. The number of nitrogens with zero attached hydrogens (tertiary/aromatic N) is 4. The molecule has 3 heterocycles. The zero-order chi connectivity index (χ0) is 23.8. The SMILES string of the molecule is CC1=C(C(=O)Nc2cccnc2)C(c2cccc(C)c2)n2nc(-c3ccc(C)c(C)c3)nc2N1. The maximum atomic E-state index is 13.5. The fourth-order valence-electron chi connectivity index (χ4n) is 4.23. The number of anilines is 2. The third-order valence-corrected chi connectivity index (χ3v) is 6.14. The highest BCUT2D eigenvalue weighted by atomic mass is 16.1. The lowest BCUT2D eigenvalue weighted by Gasteiger charge is -2.28. The Morgan fingerprint density at radius 1 is 1.00 bits per heavy atom. The van der Waals surface area contributed by atoms with E-state index in [0.717, 1.165) is 22.4 Å². The fourth-order valence-corrected chi connectivity index (χ4v) is 4.23. The van der Waals surface area contributed by atoms with Crippen molar-refractivity contribution in [2.24, 2.45) is 0 Å². The van der Waals surface area contributed by atoms with Crippen LogP contribution in [-0.2, 0) is 4.79 Å². The molecule has 7 heteroatoms. The first kappa shape index (κ1) is 21.6. The zero-order valence-corrected chi connectivity index (χ0v) is 19.6. The predicted molar refractivity (Wildman–Crippen MR) is 133 cm³/mol. The van der Waals surface area contributed by atoms with Gasteiger partial charge in [0.15, 0.2) is 5.82 Å². The number of benzene rings is 2. The van der Waals surface area contributed by atoms with Crippen LogP contribution in [0.3, 0.4) is 0 Å². The van der Waals surface area contributed by atoms with Crippen molar-refractivity contribution in [1.29, 1.82) is 0 Å². The lowest BCUT2D eigenvalue weighted by atomic mass is 9.94. The summed E-state index contributed by atoms with van der Waals surface area (Å²) in [5.41, 5.74) is 7.36. The highest BCUT2D eigenvalue weighted by Gasteiger charge is 2.34. The second-order valence-electron chi connectivity index (χ2n) is 8.68. The number of carbonyl (C=O) groups is 1. The Hall–Kier alpha value is -4.26. The summed E-state index contributed by atoms with van der Waals surface area (Å²) in [6.07, 6.45) is 3.30. The second kappa shape index (κ2) is 8.59. The molecule has 1 aliphatic rings. The van der Waals surface area contributed by atoms with Gasteiger partial charge in [0.05, 0.1) is 17.5 Å². The van der Waals surface area contributed by atoms with E-state index in [2.05, 4.69) is 47.7 Å². The molecule has 0 bridgehead atoms. The van der Waals surface area contributed by atoms with Crippen LogP contribution in [0.2, 0.25) is 0 Å². The first-order valence-corrected chi connectivity index (χ1v) is 11.2. The van der Waals surface area contributed by atoms with Crippen LogP contribution in [0.15, 0.2) is 78.3 Å². The molecule has 1 aliphatic heterocycles. The lowest BCUT2D eigenvalue weighted by molar-refractivity contribution is -0.113. The number of hydrogen-bond acceptors (Lipinski definition) is 5. The van der Waals surface area contributed by atoms with Crippen molar-refractivity contribution in [2.45, 2.75) is 33.7 Å². The normalized spacial score (nSPS) is 15.0. The van der Waals surface area contributed by atoms with E-state index in [4.69, 9.17) is 10.1 Å². The highest BCUT2D eigenvalue weighted by molar-refractivity contribution is 6.05. The minimum absolute atomic E-state index is 0.210. The Morgan fingerprint density at radius 2 is 1.85 bits per heavy atom. The Bertz CT molecular complexity index is 1420. The van der Waals surface area contributed by atoms with Crippen molar-refractivity contribution < 1.29 is 4.79 Å². The number of aryl methyl sites for hydroxylation is 3. The fraction of sp³-hybridized carbons (Fsp3) is 0.185. The molecule has 7 nitrogen and oxygen atoms in total. The van der Waals surface area contributed by atoms with Crippen molar-refractivity contribution >= 4 is 17.5 Å². The summed E-state index contributed by atoms with van der Waals surface area (Å²) in [5.74, 6) is 1.01. The minimum Gasteiger partial charge on any atom is -0.328 e. The van der Waals surface area contributed by atoms with E-state index >= 15 is 0 Å². The van der Waals surface area contributed by atoms with Gasteiger partial charge >= 0.3 is 0 Å². The number of carbonyl (C=O) groups excluding carboxylic acids is 1. The van der Waals surface area contributed by atoms with Crippen molar-refractivity contribution in [3.63, 3.8) is 0 Å². The lowest BCUT2D eigenvalue weighted by Crippen LogP contribution is -2.31. The highest BCUT2D eigenvalue weighted by Crippen LogP contribution is 2.37. The summed E-state index contributed by atoms with van der Waals surface area (Å²) in [6, 6.07) is 17.5. The summed E-state index contributed by atoms with van der Waals surface area (Å²) in [7, 11) is 0. The smallest absolute Gasteiger partial charge is 0.255 e. The first-order valence-electron chi connectivity index (χ1n) is 11.2. The van der Waals surface area contributed by atoms with E-state index < -0.39 is 6.04 Å². The minimum atomic E-state index is -0.430. The largest absolute Gasteiger partial charge is 0.328 e. The topological polar surface area (TPSA) is 84.7 Å². The van der Waals surface area contributed by atoms with Crippen molar-refractivity contribution in [3.05, 3.63) is 101 Å². The summed E-state index contributed by atoms with van der Waals surface area (Å²) in [5, 5.41) is 11.1. The molecule has 0 radical (unpaired) electrons. The van der Waals surface area contributed by atoms with Crippen LogP contribution in [-0.4, -0.2) is 25.7 Å². The van der Waals surface area contributed by atoms with Crippen LogP contribution in [0.25, 0.3) is 11.4 Å². The van der Waals surface area contributed by atoms with Gasteiger partial charge in [0.1, 0.15) is 6.04 Å². The number of allylic oxidation sites excluding steroid dienone is 1. The van der Waals surface area contributed by atoms with Crippen molar-refractivity contribution in [1.82, 2.24) is 19.7 Å². The van der Waals surface area contributed by atoms with Gasteiger partial charge in [-0.05, 0) is 62.6 Å². The molecule has 2 aromatic carbocycles. The molecule has 0 saturated heterocycles. The van der Waals surface area contributed by atoms with Crippen LogP contribution in [0.4, 0.5) is 11.6 Å². The van der Waals surface area contributed by atoms with Gasteiger partial charge in [-0.3, -0.25) is 9.78 Å². The number of nitrogens with one attached hydrogen (secondary N) is 2. The molecule has 0 spiro atoms. The van der Waals surface area contributed by atoms with Gasteiger partial charge in [-0.1, -0.05) is 42.0 Å². The van der Waals surface area contributed by atoms with Gasteiger partial charge < -0.3 is 10.6 Å². The third-order valence-electron chi connectivity index (χ3n) is 6.14. The quantitative estimate of drug-likeness (QED) is 0.447. The van der Waals surface area contributed by atoms with E-state index in [-0.39, 0.29) is 5.91 Å². The van der Waals surface area contributed by atoms with E-state index in [1.165, 1.54) is 11.1 Å². The molecule has 1 amide bonds. The predicted octanol–water partition coefficient (Wildman–Crippen LogP) is 5.19. The van der Waals surface area contributed by atoms with E-state index in [0.29, 0.717) is 23.0 Å². The maximum absolute atomic E-state index is 13.5. The van der Waals surface area contributed by atoms with Crippen molar-refractivity contribution in [3.8, 4) is 11.4 Å². The Labute approximate surface area is 198 Å². The van der Waals surface area contributed by atoms with E-state index in [1.807, 2.05) is 48.9 Å². The molecule has 170 valence electrons. The van der Waals surface area contributed by atoms with Gasteiger partial charge in [0, 0.05) is 17.5 Å². The molecule has 0 aliphatic carbocycles. The summed E-state index contributed by atoms with van der Waals surface area (Å²) < 4.78 is 1.81. The Morgan fingerprint density at radius 3 is 2.59 bits per heavy atom. The van der Waals surface area contributed by atoms with Crippen LogP contribution in [0, 0.1) is 20.8 Å². The molecule has 34 heavy (non-hydrogen) atoms. The molecule has 0 saturated carbocycles. The van der Waals surface area contributed by atoms with Crippen LogP contribution in [0.1, 0.15) is 35.2 Å². The average Bonchev–Trinajstić information content (AvgIpc) is 3.24. The van der Waals surface area contributed by atoms with Crippen LogP contribution in [0.5, 0.6) is 0 Å². The molecule has 2 aromatic heterocycles. The third kappa shape index (κ3) is 3.96. The Balaban J connectivity index is 1.61. The van der Waals surface area contributed by atoms with Gasteiger partial charge in [-0.25, -0.2) is 4.68 Å². The molecule has 0 fully saturated rings. The summed E-state index contributed by atoms with van der Waals surface area (Å²) in [6.45, 7) is 8.10. The van der Waals surface area contributed by atoms with Gasteiger partial charge in [-0.2, -0.15) is 4.98 Å². The second-order valence-corrected chi connectivity index (χ2v) is 8.68. The summed E-state index contributed by atoms with van der Waals surface area (Å²) in [4.78, 5) is 22.4. The molecule has 2 N–H and O–H groups in total. The number of rotatable bonds is 4. The number of amides is 1. The summed E-state index contributed by atoms with van der Waals surface area (Å²) >= 11 is 0. The van der Waals surface area contributed by atoms with E-state index in [9.17, 15) is 4.79 Å². The number of hydrogen-bond donors (Lipinski definition) is 2. The first-order chi connectivity index (χ1) is 16.4. The molecular formula is C27H26N6O. The van der Waals surface area contributed by atoms with Crippen LogP contribution < -0.4 is 10.6 Å². The van der Waals surface area contributed by atoms with Crippen molar-refractivity contribution in [2.75, 3.05) is 10.6 Å².